The van der Waals surface area contributed by atoms with E-state index in [9.17, 15) is 4.79 Å². The number of H-pyrrole nitrogens is 1. The van der Waals surface area contributed by atoms with Crippen LogP contribution in [0.25, 0.3) is 22.8 Å². The van der Waals surface area contributed by atoms with Gasteiger partial charge in [-0.15, -0.1) is 0 Å². The van der Waals surface area contributed by atoms with Gasteiger partial charge in [0.25, 0.3) is 5.91 Å². The number of fused-ring (bicyclic) bond motifs is 2. The van der Waals surface area contributed by atoms with Crippen LogP contribution in [0.5, 0.6) is 5.88 Å². The molecule has 0 aliphatic carbocycles. The van der Waals surface area contributed by atoms with Gasteiger partial charge in [0.1, 0.15) is 12.3 Å². The average molecular weight is 437 g/mol. The molecule has 0 radical (unpaired) electrons. The van der Waals surface area contributed by atoms with E-state index in [1.807, 2.05) is 42.7 Å². The lowest BCUT2D eigenvalue weighted by atomic mass is 9.96. The molecular formula is C21H17BrN4O2. The fourth-order valence-electron chi connectivity index (χ4n) is 3.63. The first-order chi connectivity index (χ1) is 13.6. The molecule has 3 N–H and O–H groups in total. The second-order valence-electron chi connectivity index (χ2n) is 6.80. The molecule has 0 atom stereocenters. The summed E-state index contributed by atoms with van der Waals surface area (Å²) in [5.74, 6) is 0.539. The highest BCUT2D eigenvalue weighted by Gasteiger charge is 2.25. The molecule has 3 aromatic rings. The number of carbonyl (C=O) groups is 1. The predicted molar refractivity (Wildman–Crippen MR) is 113 cm³/mol. The number of hydrogen-bond donors (Lipinski definition) is 3. The Bertz CT molecular complexity index is 1150. The number of aromatic amines is 1. The van der Waals surface area contributed by atoms with E-state index in [4.69, 9.17) is 4.74 Å². The highest BCUT2D eigenvalue weighted by Crippen LogP contribution is 2.39. The van der Waals surface area contributed by atoms with Gasteiger partial charge in [0, 0.05) is 45.9 Å². The topological polar surface area (TPSA) is 79.0 Å². The van der Waals surface area contributed by atoms with E-state index < -0.39 is 0 Å². The number of pyridine rings is 1. The van der Waals surface area contributed by atoms with Crippen LogP contribution < -0.4 is 15.4 Å². The molecule has 2 aromatic heterocycles. The minimum absolute atomic E-state index is 0.103. The molecule has 0 saturated heterocycles. The standard InChI is InChI=1S/C21H17BrN4O2/c1-11-17(10-25-21-19(11)23-4-5-28-21)12-2-3-18-15(6-12)16(20(27)26-18)8-14-7-13(22)9-24-14/h2-3,6-10,23-24H,4-5H2,1H3,(H,26,27). The molecule has 0 bridgehead atoms. The molecule has 0 spiro atoms. The van der Waals surface area contributed by atoms with E-state index in [1.165, 1.54) is 0 Å². The quantitative estimate of drug-likeness (QED) is 0.518. The molecule has 0 fully saturated rings. The van der Waals surface area contributed by atoms with Gasteiger partial charge in [-0.1, -0.05) is 6.07 Å². The fourth-order valence-corrected chi connectivity index (χ4v) is 3.99. The Kier molecular flexibility index (Phi) is 3.98. The summed E-state index contributed by atoms with van der Waals surface area (Å²) in [6, 6.07) is 7.92. The normalized spacial score (nSPS) is 16.2. The average Bonchev–Trinajstić information content (AvgIpc) is 3.25. The zero-order chi connectivity index (χ0) is 19.3. The van der Waals surface area contributed by atoms with Gasteiger partial charge in [0.15, 0.2) is 0 Å². The van der Waals surface area contributed by atoms with E-state index >= 15 is 0 Å². The van der Waals surface area contributed by atoms with Crippen LogP contribution in [0.3, 0.4) is 0 Å². The van der Waals surface area contributed by atoms with Crippen LogP contribution in [0.4, 0.5) is 11.4 Å². The number of ether oxygens (including phenoxy) is 1. The Balaban J connectivity index is 1.60. The summed E-state index contributed by atoms with van der Waals surface area (Å²) >= 11 is 3.42. The number of benzene rings is 1. The molecule has 0 unspecified atom stereocenters. The van der Waals surface area contributed by atoms with Crippen LogP contribution in [-0.2, 0) is 4.79 Å². The van der Waals surface area contributed by atoms with Gasteiger partial charge in [-0.2, -0.15) is 0 Å². The number of carbonyl (C=O) groups excluding carboxylic acids is 1. The third kappa shape index (κ3) is 2.79. The molecule has 4 heterocycles. The zero-order valence-corrected chi connectivity index (χ0v) is 16.7. The maximum absolute atomic E-state index is 12.5. The second-order valence-corrected chi connectivity index (χ2v) is 7.71. The molecule has 140 valence electrons. The number of halogens is 1. The Morgan fingerprint density at radius 2 is 2.14 bits per heavy atom. The van der Waals surface area contributed by atoms with Crippen LogP contribution in [0.1, 0.15) is 16.8 Å². The molecule has 6 nitrogen and oxygen atoms in total. The largest absolute Gasteiger partial charge is 0.474 e. The van der Waals surface area contributed by atoms with Crippen molar-refractivity contribution in [3.05, 3.63) is 58.0 Å². The van der Waals surface area contributed by atoms with Crippen molar-refractivity contribution in [3.63, 3.8) is 0 Å². The summed E-state index contributed by atoms with van der Waals surface area (Å²) in [4.78, 5) is 20.1. The first-order valence-electron chi connectivity index (χ1n) is 8.98. The maximum Gasteiger partial charge on any atom is 0.256 e. The fraction of sp³-hybridized carbons (Fsp3) is 0.143. The number of amides is 1. The van der Waals surface area contributed by atoms with Gasteiger partial charge < -0.3 is 20.4 Å². The molecule has 1 amide bonds. The van der Waals surface area contributed by atoms with E-state index in [0.717, 1.165) is 50.3 Å². The number of aromatic nitrogens is 2. The predicted octanol–water partition coefficient (Wildman–Crippen LogP) is 4.44. The summed E-state index contributed by atoms with van der Waals surface area (Å²) in [5, 5.41) is 6.31. The van der Waals surface area contributed by atoms with Gasteiger partial charge in [-0.25, -0.2) is 4.98 Å². The molecular weight excluding hydrogens is 420 g/mol. The van der Waals surface area contributed by atoms with Crippen LogP contribution >= 0.6 is 15.9 Å². The Hall–Kier alpha value is -3.06. The van der Waals surface area contributed by atoms with Crippen LogP contribution in [-0.4, -0.2) is 29.0 Å². The highest BCUT2D eigenvalue weighted by molar-refractivity contribution is 9.10. The van der Waals surface area contributed by atoms with Crippen molar-refractivity contribution in [1.29, 1.82) is 0 Å². The molecule has 28 heavy (non-hydrogen) atoms. The Morgan fingerprint density at radius 3 is 2.96 bits per heavy atom. The van der Waals surface area contributed by atoms with E-state index in [-0.39, 0.29) is 5.91 Å². The molecule has 0 saturated carbocycles. The van der Waals surface area contributed by atoms with Crippen molar-refractivity contribution >= 4 is 44.9 Å². The lowest BCUT2D eigenvalue weighted by Crippen LogP contribution is -2.20. The first-order valence-corrected chi connectivity index (χ1v) is 9.77. The molecule has 2 aliphatic heterocycles. The number of rotatable bonds is 2. The lowest BCUT2D eigenvalue weighted by molar-refractivity contribution is -0.110. The molecule has 1 aromatic carbocycles. The van der Waals surface area contributed by atoms with Gasteiger partial charge in [0.05, 0.1) is 5.57 Å². The third-order valence-corrected chi connectivity index (χ3v) is 5.49. The van der Waals surface area contributed by atoms with E-state index in [2.05, 4.69) is 43.5 Å². The Labute approximate surface area is 170 Å². The minimum atomic E-state index is -0.103. The van der Waals surface area contributed by atoms with Crippen molar-refractivity contribution in [3.8, 4) is 17.0 Å². The van der Waals surface area contributed by atoms with Crippen molar-refractivity contribution in [2.75, 3.05) is 23.8 Å². The monoisotopic (exact) mass is 436 g/mol. The van der Waals surface area contributed by atoms with Crippen LogP contribution in [0, 0.1) is 6.92 Å². The number of anilines is 2. The summed E-state index contributed by atoms with van der Waals surface area (Å²) in [6.45, 7) is 3.44. The van der Waals surface area contributed by atoms with Gasteiger partial charge in [0.2, 0.25) is 5.88 Å². The van der Waals surface area contributed by atoms with Gasteiger partial charge >= 0.3 is 0 Å². The number of hydrogen-bond acceptors (Lipinski definition) is 4. The van der Waals surface area contributed by atoms with Crippen molar-refractivity contribution in [2.45, 2.75) is 6.92 Å². The molecule has 5 rings (SSSR count). The van der Waals surface area contributed by atoms with E-state index in [1.54, 1.807) is 0 Å². The van der Waals surface area contributed by atoms with Crippen molar-refractivity contribution in [2.24, 2.45) is 0 Å². The Morgan fingerprint density at radius 1 is 1.25 bits per heavy atom. The maximum atomic E-state index is 12.5. The third-order valence-electron chi connectivity index (χ3n) is 5.03. The zero-order valence-electron chi connectivity index (χ0n) is 15.1. The second kappa shape index (κ2) is 6.53. The van der Waals surface area contributed by atoms with Crippen molar-refractivity contribution in [1.82, 2.24) is 9.97 Å². The molecule has 7 heteroatoms. The van der Waals surface area contributed by atoms with E-state index in [0.29, 0.717) is 18.1 Å². The van der Waals surface area contributed by atoms with Crippen LogP contribution in [0.2, 0.25) is 0 Å². The van der Waals surface area contributed by atoms with Gasteiger partial charge in [-0.05, 0) is 58.3 Å². The van der Waals surface area contributed by atoms with Gasteiger partial charge in [-0.3, -0.25) is 4.79 Å². The summed E-state index contributed by atoms with van der Waals surface area (Å²) in [6.07, 6.45) is 5.54. The smallest absolute Gasteiger partial charge is 0.256 e. The van der Waals surface area contributed by atoms with Crippen LogP contribution in [0.15, 0.2) is 41.1 Å². The lowest BCUT2D eigenvalue weighted by Gasteiger charge is -2.21. The summed E-state index contributed by atoms with van der Waals surface area (Å²) in [5.41, 5.74) is 7.24. The SMILES string of the molecule is Cc1c(-c2ccc3c(c2)C(=Cc2cc(Br)c[nH]2)C(=O)N3)cnc2c1NCCO2. The summed E-state index contributed by atoms with van der Waals surface area (Å²) < 4.78 is 6.57. The number of nitrogens with zero attached hydrogens (tertiary/aromatic N) is 1. The summed E-state index contributed by atoms with van der Waals surface area (Å²) in [7, 11) is 0. The number of nitrogens with one attached hydrogen (secondary N) is 3. The minimum Gasteiger partial charge on any atom is -0.474 e. The van der Waals surface area contributed by atoms with Crippen molar-refractivity contribution < 1.29 is 9.53 Å². The molecule has 2 aliphatic rings. The highest BCUT2D eigenvalue weighted by atomic mass is 79.9. The first kappa shape index (κ1) is 17.1.